The molecule has 0 radical (unpaired) electrons. The zero-order chi connectivity index (χ0) is 13.2. The molecule has 0 bridgehead atoms. The summed E-state index contributed by atoms with van der Waals surface area (Å²) in [6.07, 6.45) is 6.14. The molecule has 2 heteroatoms. The highest BCUT2D eigenvalue weighted by atomic mass is 79.9. The van der Waals surface area contributed by atoms with E-state index in [0.29, 0.717) is 0 Å². The van der Waals surface area contributed by atoms with Crippen LogP contribution in [0.1, 0.15) is 51.5 Å². The minimum Gasteiger partial charge on any atom is -0.327 e. The minimum atomic E-state index is 0.199. The molecule has 0 aliphatic heterocycles. The number of rotatable bonds is 3. The van der Waals surface area contributed by atoms with E-state index >= 15 is 0 Å². The molecular weight excluding hydrogens is 286 g/mol. The molecule has 1 saturated carbocycles. The van der Waals surface area contributed by atoms with Crippen molar-refractivity contribution in [3.8, 4) is 0 Å². The van der Waals surface area contributed by atoms with Crippen LogP contribution in [0.4, 0.5) is 0 Å². The van der Waals surface area contributed by atoms with Crippen LogP contribution in [-0.2, 0) is 5.41 Å². The molecule has 1 fully saturated rings. The SMILES string of the molecule is CCC(N)[C@]1(c2cccc(Br)c2)CC[C@H](C)CC1. The fourth-order valence-corrected chi connectivity index (χ4v) is 3.74. The van der Waals surface area contributed by atoms with Gasteiger partial charge in [0, 0.05) is 15.9 Å². The smallest absolute Gasteiger partial charge is 0.0178 e. The summed E-state index contributed by atoms with van der Waals surface area (Å²) in [4.78, 5) is 0. The number of halogens is 1. The number of hydrogen-bond donors (Lipinski definition) is 1. The zero-order valence-corrected chi connectivity index (χ0v) is 13.0. The molecule has 1 aliphatic rings. The second-order valence-corrected chi connectivity index (χ2v) is 6.78. The van der Waals surface area contributed by atoms with Crippen LogP contribution < -0.4 is 5.73 Å². The van der Waals surface area contributed by atoms with Gasteiger partial charge in [-0.15, -0.1) is 0 Å². The van der Waals surface area contributed by atoms with Crippen LogP contribution in [0.2, 0.25) is 0 Å². The minimum absolute atomic E-state index is 0.199. The van der Waals surface area contributed by atoms with Crippen molar-refractivity contribution >= 4 is 15.9 Å². The second-order valence-electron chi connectivity index (χ2n) is 5.86. The summed E-state index contributed by atoms with van der Waals surface area (Å²) in [5.41, 5.74) is 8.12. The van der Waals surface area contributed by atoms with Crippen molar-refractivity contribution in [2.24, 2.45) is 11.7 Å². The van der Waals surface area contributed by atoms with Crippen molar-refractivity contribution in [3.05, 3.63) is 34.3 Å². The maximum Gasteiger partial charge on any atom is 0.0178 e. The molecule has 0 spiro atoms. The summed E-state index contributed by atoms with van der Waals surface area (Å²) in [5, 5.41) is 0. The molecule has 100 valence electrons. The van der Waals surface area contributed by atoms with E-state index in [-0.39, 0.29) is 11.5 Å². The summed E-state index contributed by atoms with van der Waals surface area (Å²) in [7, 11) is 0. The lowest BCUT2D eigenvalue weighted by Gasteiger charge is -2.44. The van der Waals surface area contributed by atoms with Gasteiger partial charge in [0.15, 0.2) is 0 Å². The van der Waals surface area contributed by atoms with Crippen LogP contribution in [-0.4, -0.2) is 6.04 Å². The first-order valence-corrected chi connectivity index (χ1v) is 7.89. The van der Waals surface area contributed by atoms with E-state index in [0.717, 1.165) is 12.3 Å². The lowest BCUT2D eigenvalue weighted by molar-refractivity contribution is 0.200. The molecule has 1 atom stereocenters. The van der Waals surface area contributed by atoms with Crippen molar-refractivity contribution in [2.45, 2.75) is 57.4 Å². The van der Waals surface area contributed by atoms with Gasteiger partial charge in [0.25, 0.3) is 0 Å². The summed E-state index contributed by atoms with van der Waals surface area (Å²) >= 11 is 3.60. The highest BCUT2D eigenvalue weighted by Crippen LogP contribution is 2.44. The summed E-state index contributed by atoms with van der Waals surface area (Å²) < 4.78 is 1.17. The molecule has 1 aromatic rings. The van der Waals surface area contributed by atoms with Crippen molar-refractivity contribution in [1.29, 1.82) is 0 Å². The van der Waals surface area contributed by atoms with Gasteiger partial charge in [-0.25, -0.2) is 0 Å². The highest BCUT2D eigenvalue weighted by molar-refractivity contribution is 9.10. The van der Waals surface area contributed by atoms with E-state index in [1.807, 2.05) is 0 Å². The van der Waals surface area contributed by atoms with Crippen LogP contribution in [0.3, 0.4) is 0 Å². The molecule has 1 aromatic carbocycles. The third kappa shape index (κ3) is 2.65. The van der Waals surface area contributed by atoms with Gasteiger partial charge < -0.3 is 5.73 Å². The fourth-order valence-electron chi connectivity index (χ4n) is 3.34. The first kappa shape index (κ1) is 14.1. The third-order valence-electron chi connectivity index (χ3n) is 4.72. The Morgan fingerprint density at radius 3 is 2.61 bits per heavy atom. The lowest BCUT2D eigenvalue weighted by Crippen LogP contribution is -2.47. The number of benzene rings is 1. The van der Waals surface area contributed by atoms with Gasteiger partial charge in [0.05, 0.1) is 0 Å². The Morgan fingerprint density at radius 2 is 2.06 bits per heavy atom. The third-order valence-corrected chi connectivity index (χ3v) is 5.21. The standard InChI is InChI=1S/C16H24BrN/c1-3-15(18)16(9-7-12(2)8-10-16)13-5-4-6-14(17)11-13/h4-6,11-12,15H,3,7-10,18H2,1-2H3/t12-,15?,16+. The Kier molecular flexibility index (Phi) is 4.50. The average Bonchev–Trinajstić information content (AvgIpc) is 2.39. The molecule has 1 aliphatic carbocycles. The van der Waals surface area contributed by atoms with E-state index in [1.54, 1.807) is 0 Å². The molecule has 1 nitrogen and oxygen atoms in total. The maximum absolute atomic E-state index is 6.49. The van der Waals surface area contributed by atoms with Gasteiger partial charge in [-0.3, -0.25) is 0 Å². The zero-order valence-electron chi connectivity index (χ0n) is 11.5. The Morgan fingerprint density at radius 1 is 1.39 bits per heavy atom. The van der Waals surface area contributed by atoms with E-state index in [9.17, 15) is 0 Å². The average molecular weight is 310 g/mol. The Balaban J connectivity index is 2.36. The number of nitrogens with two attached hydrogens (primary N) is 1. The monoisotopic (exact) mass is 309 g/mol. The molecule has 0 aromatic heterocycles. The molecular formula is C16H24BrN. The fraction of sp³-hybridized carbons (Fsp3) is 0.625. The van der Waals surface area contributed by atoms with E-state index < -0.39 is 0 Å². The predicted octanol–water partition coefficient (Wildman–Crippen LogP) is 4.63. The van der Waals surface area contributed by atoms with Gasteiger partial charge in [-0.05, 0) is 55.7 Å². The predicted molar refractivity (Wildman–Crippen MR) is 81.7 cm³/mol. The Hall–Kier alpha value is -0.340. The topological polar surface area (TPSA) is 26.0 Å². The Bertz CT molecular complexity index is 394. The molecule has 2 N–H and O–H groups in total. The van der Waals surface area contributed by atoms with Gasteiger partial charge >= 0.3 is 0 Å². The molecule has 0 saturated heterocycles. The lowest BCUT2D eigenvalue weighted by atomic mass is 9.62. The first-order valence-electron chi connectivity index (χ1n) is 7.10. The van der Waals surface area contributed by atoms with Crippen molar-refractivity contribution < 1.29 is 0 Å². The van der Waals surface area contributed by atoms with Crippen molar-refractivity contribution in [2.75, 3.05) is 0 Å². The van der Waals surface area contributed by atoms with Gasteiger partial charge in [-0.2, -0.15) is 0 Å². The van der Waals surface area contributed by atoms with Crippen LogP contribution in [0, 0.1) is 5.92 Å². The quantitative estimate of drug-likeness (QED) is 0.865. The van der Waals surface area contributed by atoms with Crippen LogP contribution in [0.5, 0.6) is 0 Å². The first-order chi connectivity index (χ1) is 8.58. The van der Waals surface area contributed by atoms with Crippen LogP contribution in [0.15, 0.2) is 28.7 Å². The molecule has 2 rings (SSSR count). The van der Waals surface area contributed by atoms with Crippen molar-refractivity contribution in [3.63, 3.8) is 0 Å². The van der Waals surface area contributed by atoms with Gasteiger partial charge in [-0.1, -0.05) is 41.9 Å². The molecule has 0 heterocycles. The number of hydrogen-bond acceptors (Lipinski definition) is 1. The van der Waals surface area contributed by atoms with Gasteiger partial charge in [0.1, 0.15) is 0 Å². The molecule has 0 amide bonds. The second kappa shape index (κ2) is 5.75. The van der Waals surface area contributed by atoms with Crippen LogP contribution in [0.25, 0.3) is 0 Å². The van der Waals surface area contributed by atoms with Crippen LogP contribution >= 0.6 is 15.9 Å². The van der Waals surface area contributed by atoms with E-state index in [2.05, 4.69) is 54.0 Å². The summed E-state index contributed by atoms with van der Waals surface area (Å²) in [6, 6.07) is 9.04. The molecule has 1 unspecified atom stereocenters. The highest BCUT2D eigenvalue weighted by Gasteiger charge is 2.40. The summed E-state index contributed by atoms with van der Waals surface area (Å²) in [5.74, 6) is 0.856. The maximum atomic E-state index is 6.49. The normalized spacial score (nSPS) is 30.1. The van der Waals surface area contributed by atoms with E-state index in [4.69, 9.17) is 5.73 Å². The summed E-state index contributed by atoms with van der Waals surface area (Å²) in [6.45, 7) is 4.57. The van der Waals surface area contributed by atoms with Gasteiger partial charge in [0.2, 0.25) is 0 Å². The largest absolute Gasteiger partial charge is 0.327 e. The molecule has 18 heavy (non-hydrogen) atoms. The van der Waals surface area contributed by atoms with E-state index in [1.165, 1.54) is 35.7 Å². The van der Waals surface area contributed by atoms with Crippen molar-refractivity contribution in [1.82, 2.24) is 0 Å². The Labute approximate surface area is 119 Å².